The van der Waals surface area contributed by atoms with Crippen LogP contribution in [0, 0.1) is 5.92 Å². The van der Waals surface area contributed by atoms with Crippen LogP contribution in [0.5, 0.6) is 0 Å². The smallest absolute Gasteiger partial charge is 0.410 e. The zero-order chi connectivity index (χ0) is 14.9. The van der Waals surface area contributed by atoms with Crippen molar-refractivity contribution in [2.75, 3.05) is 6.54 Å². The Bertz CT molecular complexity index is 436. The Balaban J connectivity index is 2.13. The van der Waals surface area contributed by atoms with Crippen molar-refractivity contribution >= 4 is 12.1 Å². The number of hydrogen-bond acceptors (Lipinski definition) is 4. The number of rotatable bonds is 1. The molecule has 0 aromatic rings. The zero-order valence-corrected chi connectivity index (χ0v) is 12.6. The molecule has 2 atom stereocenters. The van der Waals surface area contributed by atoms with E-state index in [4.69, 9.17) is 9.47 Å². The van der Waals surface area contributed by atoms with Gasteiger partial charge in [-0.05, 0) is 53.0 Å². The summed E-state index contributed by atoms with van der Waals surface area (Å²) < 4.78 is 10.5. The summed E-state index contributed by atoms with van der Waals surface area (Å²) in [5.41, 5.74) is -0.527. The highest BCUT2D eigenvalue weighted by atomic mass is 16.6. The lowest BCUT2D eigenvalue weighted by molar-refractivity contribution is -0.142. The monoisotopic (exact) mass is 281 g/mol. The fraction of sp³-hybridized carbons (Fsp3) is 0.733. The van der Waals surface area contributed by atoms with Gasteiger partial charge in [0.05, 0.1) is 12.0 Å². The van der Waals surface area contributed by atoms with Gasteiger partial charge in [-0.25, -0.2) is 4.79 Å². The first-order chi connectivity index (χ1) is 9.28. The number of hydrogen-bond donors (Lipinski definition) is 0. The molecule has 5 nitrogen and oxygen atoms in total. The molecular weight excluding hydrogens is 258 g/mol. The number of cyclic esters (lactones) is 1. The highest BCUT2D eigenvalue weighted by Gasteiger charge is 2.40. The second-order valence-electron chi connectivity index (χ2n) is 6.46. The maximum atomic E-state index is 12.3. The van der Waals surface area contributed by atoms with Gasteiger partial charge in [0.15, 0.2) is 0 Å². The molecule has 0 spiro atoms. The molecule has 2 aliphatic rings. The van der Waals surface area contributed by atoms with Crippen molar-refractivity contribution in [3.05, 3.63) is 11.8 Å². The predicted octanol–water partition coefficient (Wildman–Crippen LogP) is 2.85. The number of ether oxygens (including phenoxy) is 2. The molecule has 0 bridgehead atoms. The van der Waals surface area contributed by atoms with E-state index < -0.39 is 5.60 Å². The average molecular weight is 281 g/mol. The second-order valence-corrected chi connectivity index (χ2v) is 6.46. The van der Waals surface area contributed by atoms with Crippen LogP contribution in [-0.4, -0.2) is 35.2 Å². The largest absolute Gasteiger partial charge is 0.444 e. The maximum absolute atomic E-state index is 12.3. The Morgan fingerprint density at radius 2 is 2.10 bits per heavy atom. The molecule has 0 aromatic carbocycles. The number of allylic oxidation sites excluding steroid dienone is 1. The van der Waals surface area contributed by atoms with E-state index >= 15 is 0 Å². The highest BCUT2D eigenvalue weighted by molar-refractivity contribution is 5.80. The SMILES string of the molecule is CC1=CC([C@H]2CCCCN2C(=O)OC(C)(C)C)C(=O)O1. The number of likely N-dealkylation sites (tertiary alicyclic amines) is 1. The molecule has 1 fully saturated rings. The van der Waals surface area contributed by atoms with Crippen LogP contribution in [0.2, 0.25) is 0 Å². The first kappa shape index (κ1) is 14.9. The van der Waals surface area contributed by atoms with Crippen molar-refractivity contribution in [1.82, 2.24) is 4.90 Å². The lowest BCUT2D eigenvalue weighted by Crippen LogP contribution is -2.50. The third-order valence-corrected chi connectivity index (χ3v) is 3.54. The summed E-state index contributed by atoms with van der Waals surface area (Å²) in [6, 6.07) is -0.149. The van der Waals surface area contributed by atoms with Crippen LogP contribution >= 0.6 is 0 Å². The van der Waals surface area contributed by atoms with E-state index in [2.05, 4.69) is 0 Å². The van der Waals surface area contributed by atoms with Crippen LogP contribution in [0.4, 0.5) is 4.79 Å². The Morgan fingerprint density at radius 1 is 1.40 bits per heavy atom. The molecule has 2 rings (SSSR count). The molecule has 2 heterocycles. The molecule has 0 radical (unpaired) electrons. The van der Waals surface area contributed by atoms with Gasteiger partial charge < -0.3 is 14.4 Å². The van der Waals surface area contributed by atoms with Gasteiger partial charge in [0.2, 0.25) is 0 Å². The summed E-state index contributed by atoms with van der Waals surface area (Å²) in [5.74, 6) is 0.000453. The summed E-state index contributed by atoms with van der Waals surface area (Å²) in [7, 11) is 0. The molecule has 1 saturated heterocycles. The van der Waals surface area contributed by atoms with Crippen molar-refractivity contribution in [3.63, 3.8) is 0 Å². The Hall–Kier alpha value is -1.52. The van der Waals surface area contributed by atoms with E-state index in [0.717, 1.165) is 19.3 Å². The summed E-state index contributed by atoms with van der Waals surface area (Å²) in [6.07, 6.45) is 4.24. The van der Waals surface area contributed by atoms with Gasteiger partial charge in [0.25, 0.3) is 0 Å². The van der Waals surface area contributed by atoms with Gasteiger partial charge >= 0.3 is 12.1 Å². The first-order valence-corrected chi connectivity index (χ1v) is 7.18. The number of carbonyl (C=O) groups excluding carboxylic acids is 2. The molecular formula is C15H23NO4. The highest BCUT2D eigenvalue weighted by Crippen LogP contribution is 2.31. The van der Waals surface area contributed by atoms with Crippen LogP contribution < -0.4 is 0 Å². The van der Waals surface area contributed by atoms with E-state index in [-0.39, 0.29) is 24.0 Å². The lowest BCUT2D eigenvalue weighted by Gasteiger charge is -2.38. The number of nitrogens with zero attached hydrogens (tertiary/aromatic N) is 1. The number of piperidine rings is 1. The third kappa shape index (κ3) is 3.32. The van der Waals surface area contributed by atoms with Crippen molar-refractivity contribution < 1.29 is 19.1 Å². The van der Waals surface area contributed by atoms with Crippen LogP contribution in [0.25, 0.3) is 0 Å². The quantitative estimate of drug-likeness (QED) is 0.693. The Kier molecular flexibility index (Phi) is 4.06. The molecule has 1 amide bonds. The molecule has 0 aliphatic carbocycles. The fourth-order valence-electron chi connectivity index (χ4n) is 2.73. The van der Waals surface area contributed by atoms with Gasteiger partial charge in [0.1, 0.15) is 11.4 Å². The van der Waals surface area contributed by atoms with E-state index in [0.29, 0.717) is 12.3 Å². The van der Waals surface area contributed by atoms with Crippen LogP contribution in [0.1, 0.15) is 47.0 Å². The molecule has 20 heavy (non-hydrogen) atoms. The topological polar surface area (TPSA) is 55.8 Å². The van der Waals surface area contributed by atoms with Crippen LogP contribution in [0.15, 0.2) is 11.8 Å². The normalized spacial score (nSPS) is 27.1. The van der Waals surface area contributed by atoms with Gasteiger partial charge in [-0.1, -0.05) is 0 Å². The predicted molar refractivity (Wildman–Crippen MR) is 73.9 cm³/mol. The molecule has 2 aliphatic heterocycles. The fourth-order valence-corrected chi connectivity index (χ4v) is 2.73. The van der Waals surface area contributed by atoms with Crippen molar-refractivity contribution in [3.8, 4) is 0 Å². The van der Waals surface area contributed by atoms with E-state index in [1.165, 1.54) is 0 Å². The Morgan fingerprint density at radius 3 is 2.65 bits per heavy atom. The third-order valence-electron chi connectivity index (χ3n) is 3.54. The average Bonchev–Trinajstić information content (AvgIpc) is 2.66. The van der Waals surface area contributed by atoms with Gasteiger partial charge in [-0.3, -0.25) is 4.79 Å². The summed E-state index contributed by atoms with van der Waals surface area (Å²) >= 11 is 0. The minimum absolute atomic E-state index is 0.149. The molecule has 0 N–H and O–H groups in total. The lowest BCUT2D eigenvalue weighted by atomic mass is 9.91. The van der Waals surface area contributed by atoms with Gasteiger partial charge in [0, 0.05) is 6.54 Å². The van der Waals surface area contributed by atoms with Crippen molar-refractivity contribution in [2.24, 2.45) is 5.92 Å². The molecule has 5 heteroatoms. The summed E-state index contributed by atoms with van der Waals surface area (Å²) in [5, 5.41) is 0. The van der Waals surface area contributed by atoms with E-state index in [1.54, 1.807) is 11.8 Å². The van der Waals surface area contributed by atoms with E-state index in [9.17, 15) is 9.59 Å². The number of carbonyl (C=O) groups is 2. The maximum Gasteiger partial charge on any atom is 0.410 e. The molecule has 112 valence electrons. The Labute approximate surface area is 119 Å². The van der Waals surface area contributed by atoms with Crippen molar-refractivity contribution in [2.45, 2.75) is 58.6 Å². The van der Waals surface area contributed by atoms with Crippen LogP contribution in [0.3, 0.4) is 0 Å². The number of esters is 1. The van der Waals surface area contributed by atoms with Gasteiger partial charge in [-0.2, -0.15) is 0 Å². The molecule has 1 unspecified atom stereocenters. The van der Waals surface area contributed by atoms with Crippen molar-refractivity contribution in [1.29, 1.82) is 0 Å². The van der Waals surface area contributed by atoms with Crippen LogP contribution in [-0.2, 0) is 14.3 Å². The molecule has 0 saturated carbocycles. The second kappa shape index (κ2) is 5.46. The zero-order valence-electron chi connectivity index (χ0n) is 12.6. The molecule has 0 aromatic heterocycles. The summed E-state index contributed by atoms with van der Waals surface area (Å²) in [4.78, 5) is 25.9. The number of amides is 1. The summed E-state index contributed by atoms with van der Waals surface area (Å²) in [6.45, 7) is 7.93. The first-order valence-electron chi connectivity index (χ1n) is 7.18. The minimum atomic E-state index is -0.527. The van der Waals surface area contributed by atoms with E-state index in [1.807, 2.05) is 26.8 Å². The minimum Gasteiger partial charge on any atom is -0.444 e. The standard InChI is InChI=1S/C15H23NO4/c1-10-9-11(13(17)19-10)12-7-5-6-8-16(12)14(18)20-15(2,3)4/h9,11-12H,5-8H2,1-4H3/t11?,12-/m1/s1. The van der Waals surface area contributed by atoms with Gasteiger partial charge in [-0.15, -0.1) is 0 Å².